The minimum absolute atomic E-state index is 0.178. The minimum atomic E-state index is -0.178. The van der Waals surface area contributed by atoms with Crippen molar-refractivity contribution in [2.24, 2.45) is 7.05 Å². The molecular weight excluding hydrogens is 356 g/mol. The molecule has 0 radical (unpaired) electrons. The van der Waals surface area contributed by atoms with E-state index >= 15 is 0 Å². The number of rotatable bonds is 5. The summed E-state index contributed by atoms with van der Waals surface area (Å²) in [6.45, 7) is 5.28. The van der Waals surface area contributed by atoms with Gasteiger partial charge in [0.1, 0.15) is 0 Å². The SMILES string of the molecule is CCn1ncc(-c2ccnc3cc(C(=O)N(C)Cc4ccn(C)n4)nn23)c1C. The Morgan fingerprint density at radius 1 is 1.25 bits per heavy atom. The molecule has 4 heterocycles. The molecule has 4 aromatic heterocycles. The van der Waals surface area contributed by atoms with Gasteiger partial charge in [0.2, 0.25) is 0 Å². The van der Waals surface area contributed by atoms with Gasteiger partial charge in [0.15, 0.2) is 11.3 Å². The molecule has 0 fully saturated rings. The molecule has 0 atom stereocenters. The van der Waals surface area contributed by atoms with Crippen LogP contribution >= 0.6 is 0 Å². The van der Waals surface area contributed by atoms with Crippen molar-refractivity contribution in [3.8, 4) is 11.3 Å². The van der Waals surface area contributed by atoms with Crippen LogP contribution in [0.1, 0.15) is 28.8 Å². The van der Waals surface area contributed by atoms with Crippen LogP contribution in [0, 0.1) is 6.92 Å². The maximum absolute atomic E-state index is 12.9. The topological polar surface area (TPSA) is 86.1 Å². The Kier molecular flexibility index (Phi) is 4.42. The molecular formula is C19H22N8O. The average Bonchev–Trinajstić information content (AvgIpc) is 3.39. The molecule has 0 aromatic carbocycles. The number of amides is 1. The highest BCUT2D eigenvalue weighted by Gasteiger charge is 2.19. The summed E-state index contributed by atoms with van der Waals surface area (Å²) in [4.78, 5) is 18.8. The maximum Gasteiger partial charge on any atom is 0.274 e. The Bertz CT molecular complexity index is 1150. The number of carbonyl (C=O) groups is 1. The van der Waals surface area contributed by atoms with Crippen molar-refractivity contribution in [3.05, 3.63) is 53.9 Å². The van der Waals surface area contributed by atoms with Crippen molar-refractivity contribution in [1.82, 2.24) is 39.1 Å². The highest BCUT2D eigenvalue weighted by Crippen LogP contribution is 2.23. The van der Waals surface area contributed by atoms with Crippen molar-refractivity contribution in [3.63, 3.8) is 0 Å². The van der Waals surface area contributed by atoms with Crippen molar-refractivity contribution in [2.75, 3.05) is 7.05 Å². The Morgan fingerprint density at radius 2 is 2.07 bits per heavy atom. The minimum Gasteiger partial charge on any atom is -0.334 e. The number of carbonyl (C=O) groups excluding carboxylic acids is 1. The number of nitrogens with zero attached hydrogens (tertiary/aromatic N) is 8. The van der Waals surface area contributed by atoms with E-state index in [1.807, 2.05) is 50.1 Å². The van der Waals surface area contributed by atoms with E-state index in [9.17, 15) is 4.79 Å². The van der Waals surface area contributed by atoms with Crippen LogP contribution in [-0.4, -0.2) is 52.0 Å². The normalized spacial score (nSPS) is 11.3. The summed E-state index contributed by atoms with van der Waals surface area (Å²) in [7, 11) is 3.59. The highest BCUT2D eigenvalue weighted by atomic mass is 16.2. The fraction of sp³-hybridized carbons (Fsp3) is 0.316. The van der Waals surface area contributed by atoms with E-state index < -0.39 is 0 Å². The van der Waals surface area contributed by atoms with E-state index in [0.29, 0.717) is 17.9 Å². The Balaban J connectivity index is 1.68. The first kappa shape index (κ1) is 17.9. The summed E-state index contributed by atoms with van der Waals surface area (Å²) in [5.74, 6) is -0.178. The second-order valence-corrected chi connectivity index (χ2v) is 6.73. The lowest BCUT2D eigenvalue weighted by molar-refractivity contribution is 0.0777. The smallest absolute Gasteiger partial charge is 0.274 e. The summed E-state index contributed by atoms with van der Waals surface area (Å²) >= 11 is 0. The number of hydrogen-bond donors (Lipinski definition) is 0. The first-order valence-electron chi connectivity index (χ1n) is 9.09. The second kappa shape index (κ2) is 6.91. The molecule has 0 saturated heterocycles. The third-order valence-corrected chi connectivity index (χ3v) is 4.77. The van der Waals surface area contributed by atoms with Gasteiger partial charge in [-0.1, -0.05) is 0 Å². The molecule has 0 saturated carbocycles. The molecule has 1 amide bonds. The first-order valence-corrected chi connectivity index (χ1v) is 9.09. The first-order chi connectivity index (χ1) is 13.5. The summed E-state index contributed by atoms with van der Waals surface area (Å²) in [5.41, 5.74) is 4.66. The summed E-state index contributed by atoms with van der Waals surface area (Å²) < 4.78 is 5.34. The predicted octanol–water partition coefficient (Wildman–Crippen LogP) is 1.93. The second-order valence-electron chi connectivity index (χ2n) is 6.73. The van der Waals surface area contributed by atoms with E-state index in [4.69, 9.17) is 0 Å². The van der Waals surface area contributed by atoms with E-state index in [0.717, 1.165) is 29.2 Å². The van der Waals surface area contributed by atoms with Crippen LogP contribution in [-0.2, 0) is 20.1 Å². The Morgan fingerprint density at radius 3 is 2.75 bits per heavy atom. The molecule has 0 aliphatic carbocycles. The van der Waals surface area contributed by atoms with E-state index in [-0.39, 0.29) is 5.91 Å². The standard InChI is InChI=1S/C19H22N8O/c1-5-26-13(2)15(11-21-26)17-6-8-20-18-10-16(23-27(17)18)19(28)24(3)12-14-7-9-25(4)22-14/h6-11H,5,12H2,1-4H3. The number of hydrogen-bond acceptors (Lipinski definition) is 5. The van der Waals surface area contributed by atoms with Gasteiger partial charge in [-0.25, -0.2) is 9.50 Å². The van der Waals surface area contributed by atoms with Crippen molar-refractivity contribution >= 4 is 11.6 Å². The quantitative estimate of drug-likeness (QED) is 0.530. The number of aromatic nitrogens is 7. The zero-order chi connectivity index (χ0) is 19.8. The van der Waals surface area contributed by atoms with Gasteiger partial charge in [-0.05, 0) is 26.0 Å². The van der Waals surface area contributed by atoms with Gasteiger partial charge in [-0.3, -0.25) is 14.2 Å². The molecule has 9 heteroatoms. The average molecular weight is 378 g/mol. The third kappa shape index (κ3) is 3.04. The van der Waals surface area contributed by atoms with E-state index in [2.05, 4.69) is 20.3 Å². The molecule has 144 valence electrons. The molecule has 0 unspecified atom stereocenters. The Labute approximate surface area is 162 Å². The zero-order valence-corrected chi connectivity index (χ0v) is 16.4. The Hall–Kier alpha value is -3.49. The zero-order valence-electron chi connectivity index (χ0n) is 16.4. The highest BCUT2D eigenvalue weighted by molar-refractivity contribution is 5.93. The van der Waals surface area contributed by atoms with Gasteiger partial charge >= 0.3 is 0 Å². The van der Waals surface area contributed by atoms with Crippen molar-refractivity contribution in [2.45, 2.75) is 26.9 Å². The summed E-state index contributed by atoms with van der Waals surface area (Å²) in [5, 5.41) is 13.3. The fourth-order valence-electron chi connectivity index (χ4n) is 3.28. The largest absolute Gasteiger partial charge is 0.334 e. The molecule has 28 heavy (non-hydrogen) atoms. The predicted molar refractivity (Wildman–Crippen MR) is 104 cm³/mol. The number of aryl methyl sites for hydroxylation is 2. The lowest BCUT2D eigenvalue weighted by atomic mass is 10.2. The third-order valence-electron chi connectivity index (χ3n) is 4.77. The lowest BCUT2D eigenvalue weighted by Gasteiger charge is -2.13. The van der Waals surface area contributed by atoms with Gasteiger partial charge in [0.25, 0.3) is 5.91 Å². The molecule has 4 rings (SSSR count). The molecule has 0 N–H and O–H groups in total. The lowest BCUT2D eigenvalue weighted by Crippen LogP contribution is -2.26. The fourth-order valence-corrected chi connectivity index (χ4v) is 3.28. The van der Waals surface area contributed by atoms with Crippen LogP contribution in [0.15, 0.2) is 36.8 Å². The van der Waals surface area contributed by atoms with E-state index in [1.165, 1.54) is 0 Å². The van der Waals surface area contributed by atoms with Crippen LogP contribution in [0.2, 0.25) is 0 Å². The van der Waals surface area contributed by atoms with Crippen LogP contribution in [0.4, 0.5) is 0 Å². The molecule has 9 nitrogen and oxygen atoms in total. The van der Waals surface area contributed by atoms with Gasteiger partial charge in [-0.2, -0.15) is 15.3 Å². The van der Waals surface area contributed by atoms with Crippen LogP contribution in [0.3, 0.4) is 0 Å². The maximum atomic E-state index is 12.9. The van der Waals surface area contributed by atoms with Gasteiger partial charge in [-0.15, -0.1) is 0 Å². The van der Waals surface area contributed by atoms with Crippen LogP contribution < -0.4 is 0 Å². The summed E-state index contributed by atoms with van der Waals surface area (Å²) in [6.07, 6.45) is 5.40. The molecule has 0 aliphatic heterocycles. The van der Waals surface area contributed by atoms with E-state index in [1.54, 1.807) is 33.4 Å². The monoisotopic (exact) mass is 378 g/mol. The van der Waals surface area contributed by atoms with Crippen molar-refractivity contribution in [1.29, 1.82) is 0 Å². The summed E-state index contributed by atoms with van der Waals surface area (Å²) in [6, 6.07) is 5.48. The molecule has 4 aromatic rings. The molecule has 0 bridgehead atoms. The van der Waals surface area contributed by atoms with Gasteiger partial charge < -0.3 is 4.90 Å². The van der Waals surface area contributed by atoms with Gasteiger partial charge in [0.05, 0.1) is 24.1 Å². The number of fused-ring (bicyclic) bond motifs is 1. The molecule has 0 spiro atoms. The van der Waals surface area contributed by atoms with Crippen molar-refractivity contribution < 1.29 is 4.79 Å². The van der Waals surface area contributed by atoms with Crippen LogP contribution in [0.5, 0.6) is 0 Å². The van der Waals surface area contributed by atoms with Gasteiger partial charge in [0, 0.05) is 50.4 Å². The molecule has 0 aliphatic rings. The van der Waals surface area contributed by atoms with Crippen LogP contribution in [0.25, 0.3) is 16.9 Å².